The van der Waals surface area contributed by atoms with Crippen molar-refractivity contribution < 1.29 is 4.42 Å². The number of nitrogens with zero attached hydrogens (tertiary/aromatic N) is 1. The zero-order valence-corrected chi connectivity index (χ0v) is 27.3. The molecule has 0 aliphatic heterocycles. The molecule has 0 aliphatic carbocycles. The molecule has 0 saturated carbocycles. The molecule has 0 N–H and O–H groups in total. The molecule has 2 nitrogen and oxygen atoms in total. The van der Waals surface area contributed by atoms with Crippen LogP contribution >= 0.6 is 0 Å². The van der Waals surface area contributed by atoms with Gasteiger partial charge in [-0.15, -0.1) is 0 Å². The van der Waals surface area contributed by atoms with E-state index in [4.69, 9.17) is 4.42 Å². The number of fused-ring (bicyclic) bond motifs is 7. The fraction of sp³-hybridized carbons (Fsp3) is 0. The fourth-order valence-corrected chi connectivity index (χ4v) is 7.78. The Kier molecular flexibility index (Phi) is 6.53. The summed E-state index contributed by atoms with van der Waals surface area (Å²) in [6, 6.07) is 67.5. The van der Waals surface area contributed by atoms with Crippen molar-refractivity contribution in [3.63, 3.8) is 0 Å². The maximum Gasteiger partial charge on any atom is 0.143 e. The summed E-state index contributed by atoms with van der Waals surface area (Å²) in [5, 5.41) is 9.43. The molecule has 2 heteroatoms. The largest absolute Gasteiger partial charge is 0.455 e. The Balaban J connectivity index is 1.24. The molecular weight excluding hydrogens is 607 g/mol. The van der Waals surface area contributed by atoms with Crippen LogP contribution in [0.2, 0.25) is 0 Å². The second kappa shape index (κ2) is 11.5. The zero-order valence-electron chi connectivity index (χ0n) is 27.3. The molecule has 10 aromatic rings. The van der Waals surface area contributed by atoms with Crippen molar-refractivity contribution in [1.29, 1.82) is 0 Å². The molecule has 234 valence electrons. The third-order valence-corrected chi connectivity index (χ3v) is 10.0. The normalized spacial score (nSPS) is 11.6. The molecule has 0 spiro atoms. The second-order valence-corrected chi connectivity index (χ2v) is 12.9. The summed E-state index contributed by atoms with van der Waals surface area (Å²) in [6.45, 7) is 0. The zero-order chi connectivity index (χ0) is 33.0. The van der Waals surface area contributed by atoms with Crippen molar-refractivity contribution in [2.75, 3.05) is 4.90 Å². The highest BCUT2D eigenvalue weighted by Crippen LogP contribution is 2.47. The van der Waals surface area contributed by atoms with E-state index in [9.17, 15) is 0 Å². The number of hydrogen-bond acceptors (Lipinski definition) is 2. The van der Waals surface area contributed by atoms with Crippen LogP contribution in [0.1, 0.15) is 0 Å². The maximum atomic E-state index is 6.64. The number of furan rings is 1. The number of anilines is 3. The van der Waals surface area contributed by atoms with Crippen LogP contribution in [-0.2, 0) is 0 Å². The van der Waals surface area contributed by atoms with Crippen LogP contribution in [-0.4, -0.2) is 0 Å². The first-order valence-corrected chi connectivity index (χ1v) is 17.1. The molecule has 9 aromatic carbocycles. The average molecular weight is 638 g/mol. The molecule has 0 unspecified atom stereocenters. The van der Waals surface area contributed by atoms with Crippen molar-refractivity contribution in [3.05, 3.63) is 188 Å². The Hall–Kier alpha value is -6.64. The molecule has 50 heavy (non-hydrogen) atoms. The highest BCUT2D eigenvalue weighted by Gasteiger charge is 2.22. The Bertz CT molecular complexity index is 2890. The smallest absolute Gasteiger partial charge is 0.143 e. The summed E-state index contributed by atoms with van der Waals surface area (Å²) in [5.41, 5.74) is 9.81. The molecule has 10 rings (SSSR count). The van der Waals surface area contributed by atoms with E-state index in [0.29, 0.717) is 0 Å². The summed E-state index contributed by atoms with van der Waals surface area (Å²) in [4.78, 5) is 2.43. The quantitative estimate of drug-likeness (QED) is 0.187. The lowest BCUT2D eigenvalue weighted by Crippen LogP contribution is -2.12. The minimum absolute atomic E-state index is 0.887. The van der Waals surface area contributed by atoms with Gasteiger partial charge in [-0.1, -0.05) is 152 Å². The predicted molar refractivity (Wildman–Crippen MR) is 212 cm³/mol. The molecule has 0 bridgehead atoms. The third kappa shape index (κ3) is 4.50. The van der Waals surface area contributed by atoms with Gasteiger partial charge in [0.15, 0.2) is 0 Å². The lowest BCUT2D eigenvalue weighted by atomic mass is 9.95. The van der Waals surface area contributed by atoms with Gasteiger partial charge in [-0.25, -0.2) is 0 Å². The Labute approximate surface area is 290 Å². The van der Waals surface area contributed by atoms with Crippen LogP contribution in [0.5, 0.6) is 0 Å². The van der Waals surface area contributed by atoms with Crippen molar-refractivity contribution in [3.8, 4) is 22.3 Å². The van der Waals surface area contributed by atoms with Crippen LogP contribution in [0.4, 0.5) is 17.1 Å². The van der Waals surface area contributed by atoms with Crippen LogP contribution in [0.3, 0.4) is 0 Å². The predicted octanol–water partition coefficient (Wildman–Crippen LogP) is 13.8. The van der Waals surface area contributed by atoms with Crippen molar-refractivity contribution >= 4 is 71.3 Å². The van der Waals surface area contributed by atoms with Gasteiger partial charge in [0.25, 0.3) is 0 Å². The monoisotopic (exact) mass is 637 g/mol. The van der Waals surface area contributed by atoms with Gasteiger partial charge in [0.1, 0.15) is 11.2 Å². The number of rotatable bonds is 5. The first kappa shape index (κ1) is 28.4. The van der Waals surface area contributed by atoms with Crippen LogP contribution in [0, 0.1) is 0 Å². The Morgan fingerprint density at radius 1 is 0.360 bits per heavy atom. The van der Waals surface area contributed by atoms with E-state index in [1.807, 2.05) is 0 Å². The number of hydrogen-bond donors (Lipinski definition) is 0. The van der Waals surface area contributed by atoms with Gasteiger partial charge in [0.2, 0.25) is 0 Å². The van der Waals surface area contributed by atoms with Crippen LogP contribution < -0.4 is 4.90 Å². The molecule has 0 aliphatic rings. The molecule has 0 radical (unpaired) electrons. The van der Waals surface area contributed by atoms with Crippen molar-refractivity contribution in [2.45, 2.75) is 0 Å². The summed E-state index contributed by atoms with van der Waals surface area (Å²) >= 11 is 0. The highest BCUT2D eigenvalue weighted by molar-refractivity contribution is 6.20. The third-order valence-electron chi connectivity index (χ3n) is 10.0. The van der Waals surface area contributed by atoms with E-state index in [1.54, 1.807) is 0 Å². The van der Waals surface area contributed by atoms with Gasteiger partial charge in [-0.2, -0.15) is 0 Å². The molecule has 0 fully saturated rings. The van der Waals surface area contributed by atoms with E-state index in [2.05, 4.69) is 193 Å². The van der Waals surface area contributed by atoms with Gasteiger partial charge in [0, 0.05) is 32.8 Å². The molecule has 0 amide bonds. The van der Waals surface area contributed by atoms with Crippen LogP contribution in [0.15, 0.2) is 192 Å². The van der Waals surface area contributed by atoms with Gasteiger partial charge >= 0.3 is 0 Å². The van der Waals surface area contributed by atoms with E-state index in [-0.39, 0.29) is 0 Å². The molecule has 1 heterocycles. The average Bonchev–Trinajstić information content (AvgIpc) is 3.58. The summed E-state index contributed by atoms with van der Waals surface area (Å²) in [6.07, 6.45) is 0. The molecule has 0 atom stereocenters. The van der Waals surface area contributed by atoms with Gasteiger partial charge in [-0.3, -0.25) is 0 Å². The SMILES string of the molecule is c1cc(-c2cccc3ccccc23)cc(N(c2ccccc2-c2cccc3oc4c5ccccc5ccc4c23)c2cccc3ccccc23)c1. The highest BCUT2D eigenvalue weighted by atomic mass is 16.3. The van der Waals surface area contributed by atoms with E-state index in [1.165, 1.54) is 38.1 Å². The first-order chi connectivity index (χ1) is 24.8. The Morgan fingerprint density at radius 2 is 0.940 bits per heavy atom. The molecular formula is C48H31NO. The van der Waals surface area contributed by atoms with Crippen molar-refractivity contribution in [2.24, 2.45) is 0 Å². The minimum atomic E-state index is 0.887. The van der Waals surface area contributed by atoms with Gasteiger partial charge in [-0.05, 0) is 74.6 Å². The first-order valence-electron chi connectivity index (χ1n) is 17.1. The minimum Gasteiger partial charge on any atom is -0.455 e. The van der Waals surface area contributed by atoms with E-state index < -0.39 is 0 Å². The fourth-order valence-electron chi connectivity index (χ4n) is 7.78. The summed E-state index contributed by atoms with van der Waals surface area (Å²) in [5.74, 6) is 0. The molecule has 0 saturated heterocycles. The lowest BCUT2D eigenvalue weighted by molar-refractivity contribution is 0.673. The molecule has 1 aromatic heterocycles. The number of benzene rings is 9. The number of para-hydroxylation sites is 1. The maximum absolute atomic E-state index is 6.64. The van der Waals surface area contributed by atoms with Crippen molar-refractivity contribution in [1.82, 2.24) is 0 Å². The van der Waals surface area contributed by atoms with E-state index >= 15 is 0 Å². The van der Waals surface area contributed by atoms with Gasteiger partial charge in [0.05, 0.1) is 11.4 Å². The lowest BCUT2D eigenvalue weighted by Gasteiger charge is -2.29. The van der Waals surface area contributed by atoms with Crippen LogP contribution in [0.25, 0.3) is 76.5 Å². The standard InChI is InChI=1S/C48H31NO/c1-4-20-37-32(13-1)16-10-24-38(37)35-18-9-19-36(31-35)49(44-27-11-17-33-14-2-5-21-39(33)44)45-26-8-7-23-41(45)42-25-12-28-46-47(42)43-30-29-34-15-3-6-22-40(34)48(43)50-46/h1-31H. The Morgan fingerprint density at radius 3 is 1.80 bits per heavy atom. The summed E-state index contributed by atoms with van der Waals surface area (Å²) < 4.78 is 6.64. The van der Waals surface area contributed by atoms with E-state index in [0.717, 1.165) is 55.5 Å². The second-order valence-electron chi connectivity index (χ2n) is 12.9. The van der Waals surface area contributed by atoms with Gasteiger partial charge < -0.3 is 9.32 Å². The topological polar surface area (TPSA) is 16.4 Å². The summed E-state index contributed by atoms with van der Waals surface area (Å²) in [7, 11) is 0.